The van der Waals surface area contributed by atoms with Crippen molar-refractivity contribution in [3.63, 3.8) is 0 Å². The van der Waals surface area contributed by atoms with E-state index < -0.39 is 11.6 Å². The number of hydrogen-bond acceptors (Lipinski definition) is 6. The van der Waals surface area contributed by atoms with Gasteiger partial charge in [-0.15, -0.1) is 0 Å². The third kappa shape index (κ3) is 14.7. The highest BCUT2D eigenvalue weighted by molar-refractivity contribution is 5.98. The van der Waals surface area contributed by atoms with Gasteiger partial charge in [0.05, 0.1) is 20.0 Å². The Labute approximate surface area is 228 Å². The monoisotopic (exact) mass is 527 g/mol. The molecule has 0 atom stereocenters. The van der Waals surface area contributed by atoms with Crippen molar-refractivity contribution in [3.05, 3.63) is 77.7 Å². The zero-order valence-corrected chi connectivity index (χ0v) is 24.4. The summed E-state index contributed by atoms with van der Waals surface area (Å²) in [5.41, 5.74) is 1.19. The number of nitrogens with zero attached hydrogens (tertiary/aromatic N) is 2. The molecule has 210 valence electrons. The number of aliphatic carboxylic acids is 1. The first-order chi connectivity index (χ1) is 18.1. The number of carbonyl (C=O) groups is 1. The maximum Gasteiger partial charge on any atom is 0.347 e. The zero-order chi connectivity index (χ0) is 29.0. The maximum atomic E-state index is 10.8. The molecule has 0 unspecified atom stereocenters. The number of methoxy groups -OCH3 is 2. The fourth-order valence-corrected chi connectivity index (χ4v) is 2.72. The summed E-state index contributed by atoms with van der Waals surface area (Å²) in [6.07, 6.45) is 12.8. The summed E-state index contributed by atoms with van der Waals surface area (Å²) in [6, 6.07) is 8.51. The van der Waals surface area contributed by atoms with E-state index in [9.17, 15) is 4.79 Å². The molecule has 1 aromatic carbocycles. The second kappa shape index (κ2) is 19.3. The third-order valence-electron chi connectivity index (χ3n) is 4.99. The van der Waals surface area contributed by atoms with Crippen LogP contribution in [-0.2, 0) is 20.7 Å². The van der Waals surface area contributed by atoms with Crippen LogP contribution in [0.1, 0.15) is 60.5 Å². The molecule has 2 rings (SSSR count). The van der Waals surface area contributed by atoms with E-state index in [4.69, 9.17) is 19.3 Å². The first kappa shape index (κ1) is 34.2. The summed E-state index contributed by atoms with van der Waals surface area (Å²) in [5, 5.41) is 11.9. The van der Waals surface area contributed by atoms with Crippen molar-refractivity contribution in [2.75, 3.05) is 20.8 Å². The lowest BCUT2D eigenvalue weighted by Crippen LogP contribution is -2.34. The van der Waals surface area contributed by atoms with Crippen LogP contribution in [0.4, 0.5) is 0 Å². The number of rotatable bonds is 9. The molecule has 8 nitrogen and oxygen atoms in total. The van der Waals surface area contributed by atoms with Crippen molar-refractivity contribution in [3.8, 4) is 5.75 Å². The molecule has 0 aromatic heterocycles. The molecule has 0 fully saturated rings. The van der Waals surface area contributed by atoms with E-state index in [-0.39, 0.29) is 0 Å². The van der Waals surface area contributed by atoms with Gasteiger partial charge in [-0.1, -0.05) is 55.9 Å². The van der Waals surface area contributed by atoms with E-state index in [1.54, 1.807) is 33.4 Å². The number of amidine groups is 2. The van der Waals surface area contributed by atoms with E-state index in [2.05, 4.69) is 27.4 Å². The number of carboxylic acid groups (broad SMARTS) is 1. The van der Waals surface area contributed by atoms with Gasteiger partial charge >= 0.3 is 5.97 Å². The molecule has 0 saturated heterocycles. The van der Waals surface area contributed by atoms with Gasteiger partial charge in [0.2, 0.25) is 0 Å². The molecular formula is C30H45N3O5. The summed E-state index contributed by atoms with van der Waals surface area (Å²) in [4.78, 5) is 19.4. The summed E-state index contributed by atoms with van der Waals surface area (Å²) in [5.74, 6) is 1.34. The van der Waals surface area contributed by atoms with Gasteiger partial charge in [0.25, 0.3) is 6.02 Å². The largest absolute Gasteiger partial charge is 0.497 e. The Morgan fingerprint density at radius 3 is 2.37 bits per heavy atom. The molecule has 0 amide bonds. The highest BCUT2D eigenvalue weighted by Crippen LogP contribution is 2.15. The predicted octanol–water partition coefficient (Wildman–Crippen LogP) is 6.46. The van der Waals surface area contributed by atoms with Crippen molar-refractivity contribution in [1.82, 2.24) is 5.32 Å². The van der Waals surface area contributed by atoms with Crippen molar-refractivity contribution < 1.29 is 24.1 Å². The van der Waals surface area contributed by atoms with Gasteiger partial charge in [-0.05, 0) is 64.8 Å². The smallest absolute Gasteiger partial charge is 0.347 e. The molecule has 2 N–H and O–H groups in total. The second-order valence-corrected chi connectivity index (χ2v) is 8.37. The minimum Gasteiger partial charge on any atom is -0.497 e. The van der Waals surface area contributed by atoms with Crippen molar-refractivity contribution in [2.45, 2.75) is 66.9 Å². The Morgan fingerprint density at radius 2 is 1.82 bits per heavy atom. The number of aliphatic imine (C=N–C) groups is 2. The van der Waals surface area contributed by atoms with E-state index >= 15 is 0 Å². The van der Waals surface area contributed by atoms with Crippen LogP contribution in [0.5, 0.6) is 5.75 Å². The van der Waals surface area contributed by atoms with Gasteiger partial charge in [0.15, 0.2) is 5.60 Å². The van der Waals surface area contributed by atoms with Crippen LogP contribution < -0.4 is 10.1 Å². The van der Waals surface area contributed by atoms with Crippen LogP contribution in [0.25, 0.3) is 0 Å². The first-order valence-electron chi connectivity index (χ1n) is 12.7. The standard InChI is InChI=1S/C15H19N3O2.C13H20O3.C2H6/c1-19-13-7-5-12(6-8-13)9-11-16-14-4-3-10-17-15(18-14)20-2;1-6-10(2)8-7-9-11(3)16-13(4,5)12(14)15;1-2/h3,5-8,10H,4,9,11H2,1-2H3,(H,16,17,18);6-9H,1-5H3,(H,14,15);1-2H3/b;8-7-,10-6-,11-9+;. The molecule has 0 radical (unpaired) electrons. The lowest BCUT2D eigenvalue weighted by atomic mass is 10.1. The van der Waals surface area contributed by atoms with Crippen molar-refractivity contribution >= 4 is 17.8 Å². The van der Waals surface area contributed by atoms with Gasteiger partial charge < -0.3 is 19.3 Å². The molecule has 0 spiro atoms. The SMILES string of the molecule is CC.COC1=NC=CCC(=NCCc2ccc(OC)cc2)N1.C\C=C(C)/C=C\C=C(/C)OC(C)(C)C(=O)O. The topological polar surface area (TPSA) is 102 Å². The number of allylic oxidation sites excluding steroid dienone is 6. The van der Waals surface area contributed by atoms with Crippen molar-refractivity contribution in [1.29, 1.82) is 0 Å². The van der Waals surface area contributed by atoms with E-state index in [0.29, 0.717) is 11.8 Å². The number of carboxylic acids is 1. The van der Waals surface area contributed by atoms with Crippen molar-refractivity contribution in [2.24, 2.45) is 9.98 Å². The fraction of sp³-hybridized carbons (Fsp3) is 0.433. The summed E-state index contributed by atoms with van der Waals surface area (Å²) in [7, 11) is 3.25. The van der Waals surface area contributed by atoms with Crippen LogP contribution in [0.3, 0.4) is 0 Å². The normalized spacial score (nSPS) is 14.8. The van der Waals surface area contributed by atoms with Gasteiger partial charge in [0, 0.05) is 19.2 Å². The van der Waals surface area contributed by atoms with Gasteiger partial charge in [-0.2, -0.15) is 0 Å². The third-order valence-corrected chi connectivity index (χ3v) is 4.99. The van der Waals surface area contributed by atoms with Crippen LogP contribution in [-0.4, -0.2) is 49.3 Å². The Morgan fingerprint density at radius 1 is 1.16 bits per heavy atom. The molecule has 0 bridgehead atoms. The highest BCUT2D eigenvalue weighted by atomic mass is 16.5. The Hall–Kier alpha value is -3.81. The van der Waals surface area contributed by atoms with Crippen LogP contribution in [0, 0.1) is 0 Å². The van der Waals surface area contributed by atoms with Crippen LogP contribution in [0.2, 0.25) is 0 Å². The Balaban J connectivity index is 0.000000694. The second-order valence-electron chi connectivity index (χ2n) is 8.37. The number of benzene rings is 1. The lowest BCUT2D eigenvalue weighted by molar-refractivity contribution is -0.156. The molecular weight excluding hydrogens is 482 g/mol. The number of nitrogens with one attached hydrogen (secondary N) is 1. The molecule has 0 aliphatic carbocycles. The molecule has 38 heavy (non-hydrogen) atoms. The Bertz CT molecular complexity index is 1020. The summed E-state index contributed by atoms with van der Waals surface area (Å²) < 4.78 is 15.5. The zero-order valence-electron chi connectivity index (χ0n) is 24.4. The maximum absolute atomic E-state index is 10.8. The lowest BCUT2D eigenvalue weighted by Gasteiger charge is -2.21. The van der Waals surface area contributed by atoms with Gasteiger partial charge in [0.1, 0.15) is 11.6 Å². The average molecular weight is 528 g/mol. The molecule has 1 heterocycles. The van der Waals surface area contributed by atoms with Crippen LogP contribution in [0.15, 0.2) is 82.2 Å². The average Bonchev–Trinajstić information content (AvgIpc) is 3.15. The molecule has 1 aliphatic heterocycles. The predicted molar refractivity (Wildman–Crippen MR) is 157 cm³/mol. The Kier molecular flexibility index (Phi) is 17.4. The number of ether oxygens (including phenoxy) is 3. The van der Waals surface area contributed by atoms with Crippen LogP contribution >= 0.6 is 0 Å². The minimum absolute atomic E-state index is 0.474. The molecule has 0 saturated carbocycles. The number of hydrogen-bond donors (Lipinski definition) is 2. The van der Waals surface area contributed by atoms with E-state index in [1.165, 1.54) is 19.4 Å². The highest BCUT2D eigenvalue weighted by Gasteiger charge is 2.28. The fourth-order valence-electron chi connectivity index (χ4n) is 2.72. The molecule has 1 aliphatic rings. The summed E-state index contributed by atoms with van der Waals surface area (Å²) in [6.45, 7) is 13.4. The van der Waals surface area contributed by atoms with E-state index in [1.807, 2.05) is 64.1 Å². The van der Waals surface area contributed by atoms with E-state index in [0.717, 1.165) is 36.5 Å². The van der Waals surface area contributed by atoms with Gasteiger partial charge in [-0.3, -0.25) is 10.3 Å². The summed E-state index contributed by atoms with van der Waals surface area (Å²) >= 11 is 0. The molecule has 8 heteroatoms. The van der Waals surface area contributed by atoms with Gasteiger partial charge in [-0.25, -0.2) is 9.79 Å². The first-order valence-corrected chi connectivity index (χ1v) is 12.7. The minimum atomic E-state index is -1.19. The quantitative estimate of drug-likeness (QED) is 0.282. The molecule has 1 aromatic rings.